The lowest BCUT2D eigenvalue weighted by molar-refractivity contribution is 0.243. The third kappa shape index (κ3) is 4.42. The minimum Gasteiger partial charge on any atom is -0.313 e. The molecule has 8 heteroatoms. The normalized spacial score (nSPS) is 20.9. The van der Waals surface area contributed by atoms with E-state index in [9.17, 15) is 8.42 Å². The molecule has 1 aromatic rings. The number of nitrogens with zero attached hydrogens (tertiary/aromatic N) is 3. The van der Waals surface area contributed by atoms with Crippen molar-refractivity contribution in [3.8, 4) is 0 Å². The molecule has 0 saturated carbocycles. The Kier molecular flexibility index (Phi) is 5.23. The molecule has 21 heavy (non-hydrogen) atoms. The van der Waals surface area contributed by atoms with Crippen molar-refractivity contribution in [1.82, 2.24) is 19.4 Å². The molecule has 1 aromatic heterocycles. The first kappa shape index (κ1) is 16.3. The highest BCUT2D eigenvalue weighted by molar-refractivity contribution is 7.90. The minimum absolute atomic E-state index is 0.00219. The molecule has 1 atom stereocenters. The van der Waals surface area contributed by atoms with Crippen LogP contribution >= 0.6 is 0 Å². The van der Waals surface area contributed by atoms with Gasteiger partial charge in [-0.15, -0.1) is 0 Å². The summed E-state index contributed by atoms with van der Waals surface area (Å²) in [7, 11) is -1.79. The van der Waals surface area contributed by atoms with Crippen LogP contribution in [-0.4, -0.2) is 47.7 Å². The van der Waals surface area contributed by atoms with Crippen LogP contribution in [-0.2, 0) is 17.3 Å². The van der Waals surface area contributed by atoms with E-state index in [0.29, 0.717) is 24.9 Å². The zero-order valence-corrected chi connectivity index (χ0v) is 13.7. The first-order valence-electron chi connectivity index (χ1n) is 7.41. The third-order valence-electron chi connectivity index (χ3n) is 3.59. The van der Waals surface area contributed by atoms with Crippen LogP contribution in [0.4, 0.5) is 5.82 Å². The molecule has 0 spiro atoms. The fourth-order valence-corrected chi connectivity index (χ4v) is 3.96. The maximum atomic E-state index is 12.6. The summed E-state index contributed by atoms with van der Waals surface area (Å²) >= 11 is 0. The van der Waals surface area contributed by atoms with Crippen LogP contribution < -0.4 is 10.0 Å². The highest BCUT2D eigenvalue weighted by Gasteiger charge is 2.32. The molecule has 1 unspecified atom stereocenters. The summed E-state index contributed by atoms with van der Waals surface area (Å²) in [5.41, 5.74) is 0. The van der Waals surface area contributed by atoms with E-state index in [-0.39, 0.29) is 6.04 Å². The van der Waals surface area contributed by atoms with Crippen molar-refractivity contribution in [3.63, 3.8) is 0 Å². The molecule has 0 amide bonds. The Balaban J connectivity index is 2.07. The van der Waals surface area contributed by atoms with Gasteiger partial charge in [-0.3, -0.25) is 9.40 Å². The summed E-state index contributed by atoms with van der Waals surface area (Å²) in [5.74, 6) is 0.360. The lowest BCUT2D eigenvalue weighted by Crippen LogP contribution is -2.51. The summed E-state index contributed by atoms with van der Waals surface area (Å²) in [4.78, 5) is 0. The second-order valence-electron chi connectivity index (χ2n) is 5.81. The van der Waals surface area contributed by atoms with Crippen LogP contribution in [0.5, 0.6) is 0 Å². The first-order chi connectivity index (χ1) is 9.88. The summed E-state index contributed by atoms with van der Waals surface area (Å²) in [5, 5.41) is 7.41. The molecule has 0 bridgehead atoms. The van der Waals surface area contributed by atoms with Crippen molar-refractivity contribution in [2.45, 2.75) is 45.2 Å². The molecular weight excluding hydrogens is 290 g/mol. The molecule has 1 aliphatic heterocycles. The van der Waals surface area contributed by atoms with Gasteiger partial charge < -0.3 is 5.32 Å². The van der Waals surface area contributed by atoms with Crippen molar-refractivity contribution in [3.05, 3.63) is 12.3 Å². The highest BCUT2D eigenvalue weighted by atomic mass is 32.2. The fraction of sp³-hybridized carbons (Fsp3) is 0.769. The van der Waals surface area contributed by atoms with Gasteiger partial charge in [-0.1, -0.05) is 20.3 Å². The Bertz CT molecular complexity index is 555. The van der Waals surface area contributed by atoms with Crippen molar-refractivity contribution in [1.29, 1.82) is 0 Å². The Morgan fingerprint density at radius 3 is 2.81 bits per heavy atom. The van der Waals surface area contributed by atoms with Crippen LogP contribution in [0.3, 0.4) is 0 Å². The number of hydrogen-bond donors (Lipinski definition) is 2. The number of anilines is 1. The van der Waals surface area contributed by atoms with Crippen LogP contribution in [0.2, 0.25) is 0 Å². The number of piperidine rings is 1. The number of nitrogens with one attached hydrogen (secondary N) is 2. The van der Waals surface area contributed by atoms with Gasteiger partial charge in [-0.05, 0) is 12.8 Å². The maximum Gasteiger partial charge on any atom is 0.303 e. The zero-order chi connectivity index (χ0) is 15.5. The molecule has 7 nitrogen and oxygen atoms in total. The molecule has 1 fully saturated rings. The van der Waals surface area contributed by atoms with Gasteiger partial charge in [0.15, 0.2) is 5.82 Å². The number of rotatable bonds is 6. The van der Waals surface area contributed by atoms with E-state index in [0.717, 1.165) is 19.3 Å². The lowest BCUT2D eigenvalue weighted by Gasteiger charge is -2.35. The Morgan fingerprint density at radius 2 is 2.19 bits per heavy atom. The maximum absolute atomic E-state index is 12.6. The fourth-order valence-electron chi connectivity index (χ4n) is 2.53. The molecule has 0 aromatic carbocycles. The number of aromatic nitrogens is 2. The van der Waals surface area contributed by atoms with Gasteiger partial charge in [0.25, 0.3) is 0 Å². The monoisotopic (exact) mass is 315 g/mol. The molecule has 120 valence electrons. The van der Waals surface area contributed by atoms with Gasteiger partial charge in [0.2, 0.25) is 0 Å². The molecule has 1 aliphatic rings. The van der Waals surface area contributed by atoms with Crippen molar-refractivity contribution in [2.75, 3.05) is 17.8 Å². The van der Waals surface area contributed by atoms with E-state index in [1.54, 1.807) is 28.3 Å². The predicted octanol–water partition coefficient (Wildman–Crippen LogP) is 0.929. The molecule has 0 aliphatic carbocycles. The summed E-state index contributed by atoms with van der Waals surface area (Å²) in [6, 6.07) is 2.01. The summed E-state index contributed by atoms with van der Waals surface area (Å²) < 4.78 is 30.8. The van der Waals surface area contributed by atoms with Crippen LogP contribution in [0.15, 0.2) is 12.3 Å². The molecule has 2 rings (SSSR count). The second-order valence-corrected chi connectivity index (χ2v) is 7.43. The molecule has 1 saturated heterocycles. The minimum atomic E-state index is -3.55. The first-order valence-corrected chi connectivity index (χ1v) is 8.85. The largest absolute Gasteiger partial charge is 0.313 e. The highest BCUT2D eigenvalue weighted by Crippen LogP contribution is 2.21. The van der Waals surface area contributed by atoms with E-state index in [1.807, 2.05) is 0 Å². The van der Waals surface area contributed by atoms with Crippen molar-refractivity contribution < 1.29 is 8.42 Å². The zero-order valence-electron chi connectivity index (χ0n) is 12.9. The predicted molar refractivity (Wildman–Crippen MR) is 83.2 cm³/mol. The Hall–Kier alpha value is -1.12. The third-order valence-corrected chi connectivity index (χ3v) is 5.16. The van der Waals surface area contributed by atoms with E-state index < -0.39 is 10.2 Å². The summed E-state index contributed by atoms with van der Waals surface area (Å²) in [6.07, 6.45) is 4.58. The van der Waals surface area contributed by atoms with Gasteiger partial charge in [0.1, 0.15) is 0 Å². The van der Waals surface area contributed by atoms with Gasteiger partial charge >= 0.3 is 10.2 Å². The van der Waals surface area contributed by atoms with E-state index in [1.165, 1.54) is 0 Å². The Morgan fingerprint density at radius 1 is 1.43 bits per heavy atom. The van der Waals surface area contributed by atoms with E-state index in [2.05, 4.69) is 29.0 Å². The molecule has 0 radical (unpaired) electrons. The average molecular weight is 315 g/mol. The van der Waals surface area contributed by atoms with E-state index in [4.69, 9.17) is 0 Å². The topological polar surface area (TPSA) is 79.3 Å². The van der Waals surface area contributed by atoms with Gasteiger partial charge in [-0.2, -0.15) is 17.8 Å². The number of aryl methyl sites for hydroxylation is 1. The van der Waals surface area contributed by atoms with Crippen LogP contribution in [0, 0.1) is 0 Å². The van der Waals surface area contributed by atoms with Crippen LogP contribution in [0.25, 0.3) is 0 Å². The SMILES string of the molecule is CC(C)NCC1CCCCN1S(=O)(=O)Nc1ccn(C)n1. The smallest absolute Gasteiger partial charge is 0.303 e. The summed E-state index contributed by atoms with van der Waals surface area (Å²) in [6.45, 7) is 5.37. The number of hydrogen-bond acceptors (Lipinski definition) is 4. The van der Waals surface area contributed by atoms with Crippen LogP contribution in [0.1, 0.15) is 33.1 Å². The van der Waals surface area contributed by atoms with Gasteiger partial charge in [-0.25, -0.2) is 0 Å². The molecule has 2 N–H and O–H groups in total. The van der Waals surface area contributed by atoms with E-state index >= 15 is 0 Å². The molecule has 2 heterocycles. The van der Waals surface area contributed by atoms with Gasteiger partial charge in [0.05, 0.1) is 0 Å². The second kappa shape index (κ2) is 6.76. The lowest BCUT2D eigenvalue weighted by atomic mass is 10.0. The Labute approximate surface area is 126 Å². The van der Waals surface area contributed by atoms with Crippen molar-refractivity contribution >= 4 is 16.0 Å². The van der Waals surface area contributed by atoms with Crippen molar-refractivity contribution in [2.24, 2.45) is 7.05 Å². The standard InChI is InChI=1S/C13H25N5O2S/c1-11(2)14-10-12-6-4-5-8-18(12)21(19,20)16-13-7-9-17(3)15-13/h7,9,11-12,14H,4-6,8,10H2,1-3H3,(H,15,16). The quantitative estimate of drug-likeness (QED) is 0.818. The molecular formula is C13H25N5O2S. The average Bonchev–Trinajstić information content (AvgIpc) is 2.81. The van der Waals surface area contributed by atoms with Gasteiger partial charge in [0, 0.05) is 44.5 Å².